The van der Waals surface area contributed by atoms with Crippen molar-refractivity contribution in [2.24, 2.45) is 39.9 Å². The molecule has 1 saturated carbocycles. The minimum absolute atomic E-state index is 0.0888. The second-order valence-corrected chi connectivity index (χ2v) is 36.8. The first-order valence-corrected chi connectivity index (χ1v) is 44.7. The predicted molar refractivity (Wildman–Crippen MR) is 483 cm³/mol. The van der Waals surface area contributed by atoms with Crippen LogP contribution in [0.25, 0.3) is 50.9 Å². The Hall–Kier alpha value is -11.5. The van der Waals surface area contributed by atoms with Gasteiger partial charge in [-0.15, -0.1) is 0 Å². The van der Waals surface area contributed by atoms with E-state index in [0.717, 1.165) is 75.1 Å². The molecule has 688 valence electrons. The van der Waals surface area contributed by atoms with Gasteiger partial charge in [0.05, 0.1) is 63.1 Å². The number of benzene rings is 3. The highest BCUT2D eigenvalue weighted by Crippen LogP contribution is 2.42. The van der Waals surface area contributed by atoms with Crippen LogP contribution in [0.4, 0.5) is 0 Å². The number of fused-ring (bicyclic) bond motifs is 12. The number of hydrazine groups is 3. The lowest BCUT2D eigenvalue weighted by Crippen LogP contribution is -2.62. The third-order valence-corrected chi connectivity index (χ3v) is 24.8. The lowest BCUT2D eigenvalue weighted by atomic mass is 9.74. The molecule has 7 aliphatic rings. The van der Waals surface area contributed by atoms with Crippen molar-refractivity contribution in [3.8, 4) is 0 Å². The molecule has 13 rings (SSSR count). The highest BCUT2D eigenvalue weighted by Gasteiger charge is 2.45. The molecule has 3 aromatic carbocycles. The third kappa shape index (κ3) is 24.1. The average molecular weight is 1760 g/mol. The lowest BCUT2D eigenvalue weighted by molar-refractivity contribution is -0.158. The molecule has 1 aliphatic carbocycles. The van der Waals surface area contributed by atoms with Crippen LogP contribution >= 0.6 is 0 Å². The number of amides is 9. The average Bonchev–Trinajstić information content (AvgIpc) is 1.31. The molecular formula is C96H127N15O17. The quantitative estimate of drug-likeness (QED) is 0.0505. The molecule has 3 aromatic heterocycles. The molecule has 15 bridgehead atoms. The zero-order valence-corrected chi connectivity index (χ0v) is 76.6. The Kier molecular flexibility index (Phi) is 32.4. The highest BCUT2D eigenvalue weighted by atomic mass is 16.6. The highest BCUT2D eigenvalue weighted by molar-refractivity contribution is 5.98. The van der Waals surface area contributed by atoms with Crippen LogP contribution in [0.2, 0.25) is 0 Å². The summed E-state index contributed by atoms with van der Waals surface area (Å²) in [4.78, 5) is 175. The monoisotopic (exact) mass is 1760 g/mol. The molecule has 0 spiro atoms. The van der Waals surface area contributed by atoms with E-state index in [9.17, 15) is 57.5 Å². The number of hydrogen-bond acceptors (Lipinski definition) is 23. The van der Waals surface area contributed by atoms with E-state index in [0.29, 0.717) is 75.2 Å². The van der Waals surface area contributed by atoms with Crippen LogP contribution in [0.15, 0.2) is 109 Å². The molecule has 6 aliphatic heterocycles. The van der Waals surface area contributed by atoms with Crippen molar-refractivity contribution in [1.82, 2.24) is 78.2 Å². The Bertz CT molecular complexity index is 4990. The summed E-state index contributed by atoms with van der Waals surface area (Å²) >= 11 is 0. The van der Waals surface area contributed by atoms with Gasteiger partial charge in [-0.05, 0) is 190 Å². The van der Waals surface area contributed by atoms with E-state index in [1.807, 2.05) is 164 Å². The van der Waals surface area contributed by atoms with Gasteiger partial charge in [0.2, 0.25) is 35.4 Å². The maximum absolute atomic E-state index is 14.1. The fourth-order valence-electron chi connectivity index (χ4n) is 16.4. The molecule has 9 heterocycles. The minimum Gasteiger partial charge on any atom is -0.455 e. The van der Waals surface area contributed by atoms with Gasteiger partial charge in [-0.2, -0.15) is 0 Å². The second kappa shape index (κ2) is 42.6. The fourth-order valence-corrected chi connectivity index (χ4v) is 16.4. The van der Waals surface area contributed by atoms with Crippen LogP contribution in [-0.2, 0) is 81.2 Å². The number of nitrogens with zero attached hydrogens (tertiary/aromatic N) is 6. The van der Waals surface area contributed by atoms with Gasteiger partial charge in [-0.3, -0.25) is 72.6 Å². The number of rotatable bonds is 8. The number of methoxy groups -OCH3 is 2. The van der Waals surface area contributed by atoms with Crippen molar-refractivity contribution in [2.75, 3.05) is 47.1 Å². The van der Waals surface area contributed by atoms with E-state index in [4.69, 9.17) is 38.6 Å². The summed E-state index contributed by atoms with van der Waals surface area (Å²) < 4.78 is 27.8. The predicted octanol–water partition coefficient (Wildman–Crippen LogP) is 9.52. The number of carbonyl (C=O) groups is 12. The number of hydrogen-bond donors (Lipinski definition) is 9. The van der Waals surface area contributed by atoms with Crippen molar-refractivity contribution in [3.05, 3.63) is 143 Å². The molecule has 32 nitrogen and oxygen atoms in total. The van der Waals surface area contributed by atoms with Crippen molar-refractivity contribution < 1.29 is 81.2 Å². The number of aromatic nitrogens is 3. The topological polar surface area (TPSA) is 408 Å². The summed E-state index contributed by atoms with van der Waals surface area (Å²) in [5.74, 6) is -5.64. The normalized spacial score (nSPS) is 27.8. The van der Waals surface area contributed by atoms with Crippen LogP contribution in [0.1, 0.15) is 220 Å². The minimum atomic E-state index is -1.04. The molecule has 4 fully saturated rings. The molecule has 13 atom stereocenters. The molecular weight excluding hydrogens is 1640 g/mol. The molecule has 0 radical (unpaired) electrons. The third-order valence-electron chi connectivity index (χ3n) is 24.8. The Labute approximate surface area is 748 Å². The SMILES string of the molecule is CC(C)[C@@H]1NC(=O)C(C)(C2CCCC2)/C=C/c2ccc3ccc(nc3c2)[C@@H](C)OC(=O)[C@@H]2CCCN(N2)C(=O)[C@H](C)NC1=O.COC[C@@H]1NC(=O)[C@H](C(C)C)NC(=O)C(C)(C)/C=C/c2ccc3ccc(nc3c2)[C@@H](C)OC(=O)[C@@H]2CCCN(N2)C1=O.COC[C@H]1NC(=O)[C@H](C(C)C)NC(=O)C(C)(C)/C=C/c2ccc3ccc(nc3c2)[C@@H](C)OC(=O)[C@@H]2CCCN(N2)C1=O. The van der Waals surface area contributed by atoms with Crippen LogP contribution < -0.4 is 48.2 Å². The van der Waals surface area contributed by atoms with Crippen molar-refractivity contribution in [1.29, 1.82) is 0 Å². The van der Waals surface area contributed by atoms with Gasteiger partial charge in [-0.25, -0.2) is 31.2 Å². The van der Waals surface area contributed by atoms with E-state index in [-0.39, 0.29) is 60.5 Å². The molecule has 3 saturated heterocycles. The van der Waals surface area contributed by atoms with Gasteiger partial charge in [0.15, 0.2) is 0 Å². The first-order chi connectivity index (χ1) is 60.7. The van der Waals surface area contributed by atoms with Gasteiger partial charge < -0.3 is 55.6 Å². The first-order valence-electron chi connectivity index (χ1n) is 44.7. The summed E-state index contributed by atoms with van der Waals surface area (Å²) in [6.45, 7) is 27.9. The number of carbonyl (C=O) groups excluding carboxylic acids is 12. The molecule has 1 unspecified atom stereocenters. The molecule has 9 amide bonds. The maximum atomic E-state index is 14.1. The van der Waals surface area contributed by atoms with Crippen molar-refractivity contribution in [3.63, 3.8) is 0 Å². The van der Waals surface area contributed by atoms with Crippen LogP contribution in [0, 0.1) is 39.9 Å². The molecule has 6 aromatic rings. The van der Waals surface area contributed by atoms with Crippen molar-refractivity contribution in [2.45, 2.75) is 241 Å². The largest absolute Gasteiger partial charge is 0.455 e. The maximum Gasteiger partial charge on any atom is 0.325 e. The smallest absolute Gasteiger partial charge is 0.325 e. The van der Waals surface area contributed by atoms with E-state index in [1.54, 1.807) is 67.5 Å². The molecule has 9 N–H and O–H groups in total. The number of nitrogens with one attached hydrogen (secondary N) is 9. The first kappa shape index (κ1) is 97.2. The van der Waals surface area contributed by atoms with Crippen LogP contribution in [0.5, 0.6) is 0 Å². The zero-order chi connectivity index (χ0) is 92.8. The van der Waals surface area contributed by atoms with Gasteiger partial charge in [0, 0.05) is 50.0 Å². The summed E-state index contributed by atoms with van der Waals surface area (Å²) in [5, 5.41) is 24.0. The second-order valence-electron chi connectivity index (χ2n) is 36.8. The van der Waals surface area contributed by atoms with E-state index < -0.39 is 136 Å². The lowest BCUT2D eigenvalue weighted by Gasteiger charge is -2.36. The van der Waals surface area contributed by atoms with Gasteiger partial charge in [0.1, 0.15) is 72.7 Å². The Morgan fingerprint density at radius 1 is 0.391 bits per heavy atom. The molecule has 32 heteroatoms. The Morgan fingerprint density at radius 2 is 0.703 bits per heavy atom. The number of esters is 3. The fraction of sp³-hybridized carbons (Fsp3) is 0.531. The van der Waals surface area contributed by atoms with E-state index in [1.165, 1.54) is 29.2 Å². The number of cyclic esters (lactones) is 3. The Morgan fingerprint density at radius 3 is 1.04 bits per heavy atom. The summed E-state index contributed by atoms with van der Waals surface area (Å²) in [6, 6.07) is 21.1. The van der Waals surface area contributed by atoms with Gasteiger partial charge in [-0.1, -0.05) is 145 Å². The van der Waals surface area contributed by atoms with E-state index >= 15 is 0 Å². The number of ether oxygens (including phenoxy) is 5. The van der Waals surface area contributed by atoms with Gasteiger partial charge in [0.25, 0.3) is 17.7 Å². The summed E-state index contributed by atoms with van der Waals surface area (Å²) in [7, 11) is 2.86. The standard InChI is InChI=1S/C34H45N5O5.2C31H41N5O6/c1-20(2)29-30(40)35-21(3)31(41)39-18-8-11-27(38-39)32(42)44-22(4)26-15-14-24-13-12-23(19-28(24)36-26)16-17-34(5,33(43)37-29)25-9-6-7-10-25;2*1-18(2)26-27(37)33-25(17-41-6)28(38)36-15-7-8-23(35-36)29(39)42-19(3)22-12-11-21-10-9-20(16-24(21)32-22)13-14-31(4,5)30(40)34-26/h12-17,19-22,25,27,29,38H,6-11,18H2,1-5H3,(H,35,40)(H,37,43);2*9-14,16,18-19,23,25-26,35H,7-8,15,17H2,1-6H3,(H,33,37)(H,34,40)/b17-16+;2*14-13+/t21-,22+,27-,29-,34?;19-,23+,25+,26+;19-,23+,25-,26+/m011/s1. The summed E-state index contributed by atoms with van der Waals surface area (Å²) in [6.07, 6.45) is 16.5. The van der Waals surface area contributed by atoms with Crippen molar-refractivity contribution >= 4 is 122 Å². The van der Waals surface area contributed by atoms with Crippen LogP contribution in [-0.4, -0.2) is 202 Å². The van der Waals surface area contributed by atoms with E-state index in [2.05, 4.69) is 48.2 Å². The summed E-state index contributed by atoms with van der Waals surface area (Å²) in [5.41, 5.74) is 12.8. The van der Waals surface area contributed by atoms with Gasteiger partial charge >= 0.3 is 17.9 Å². The zero-order valence-electron chi connectivity index (χ0n) is 76.6. The van der Waals surface area contributed by atoms with Crippen LogP contribution in [0.3, 0.4) is 0 Å². The number of pyridine rings is 3. The Balaban J connectivity index is 0.000000186. The molecule has 128 heavy (non-hydrogen) atoms.